The van der Waals surface area contributed by atoms with Gasteiger partial charge in [-0.05, 0) is 25.2 Å². The van der Waals surface area contributed by atoms with Crippen molar-refractivity contribution in [2.45, 2.75) is 37.8 Å². The predicted molar refractivity (Wildman–Crippen MR) is 40.7 cm³/mol. The van der Waals surface area contributed by atoms with Crippen molar-refractivity contribution in [3.8, 4) is 0 Å². The van der Waals surface area contributed by atoms with Crippen LogP contribution in [-0.4, -0.2) is 18.6 Å². The molecule has 1 heterocycles. The van der Waals surface area contributed by atoms with Crippen LogP contribution in [0.15, 0.2) is 0 Å². The molecule has 1 saturated heterocycles. The highest BCUT2D eigenvalue weighted by atomic mass is 15.0. The van der Waals surface area contributed by atoms with E-state index in [1.165, 1.54) is 25.7 Å². The molecule has 1 aliphatic heterocycles. The monoisotopic (exact) mass is 139 g/mol. The quantitative estimate of drug-likeness (QED) is 0.564. The first kappa shape index (κ1) is 6.62. The molecular weight excluding hydrogens is 124 g/mol. The van der Waals surface area contributed by atoms with E-state index in [1.807, 2.05) is 0 Å². The van der Waals surface area contributed by atoms with Gasteiger partial charge in [0.15, 0.2) is 0 Å². The number of nitrogens with zero attached hydrogens (tertiary/aromatic N) is 1. The molecule has 3 unspecified atom stereocenters. The molecule has 1 saturated carbocycles. The summed E-state index contributed by atoms with van der Waals surface area (Å²) >= 11 is 0. The SMILES string of the molecule is NC1CC1C1CCCC[N]1. The van der Waals surface area contributed by atoms with Gasteiger partial charge in [0.05, 0.1) is 0 Å². The summed E-state index contributed by atoms with van der Waals surface area (Å²) in [5, 5.41) is 4.56. The van der Waals surface area contributed by atoms with Crippen LogP contribution in [0.25, 0.3) is 0 Å². The highest BCUT2D eigenvalue weighted by molar-refractivity contribution is 4.98. The van der Waals surface area contributed by atoms with E-state index in [-0.39, 0.29) is 0 Å². The van der Waals surface area contributed by atoms with Gasteiger partial charge < -0.3 is 5.73 Å². The number of hydrogen-bond acceptors (Lipinski definition) is 1. The van der Waals surface area contributed by atoms with E-state index in [0.29, 0.717) is 12.1 Å². The van der Waals surface area contributed by atoms with Crippen LogP contribution in [0.1, 0.15) is 25.7 Å². The topological polar surface area (TPSA) is 40.1 Å². The van der Waals surface area contributed by atoms with Gasteiger partial charge in [-0.1, -0.05) is 6.42 Å². The Hall–Kier alpha value is -0.0800. The van der Waals surface area contributed by atoms with Crippen molar-refractivity contribution < 1.29 is 0 Å². The minimum absolute atomic E-state index is 0.492. The lowest BCUT2D eigenvalue weighted by molar-refractivity contribution is 0.356. The lowest BCUT2D eigenvalue weighted by atomic mass is 10.0. The molecule has 10 heavy (non-hydrogen) atoms. The van der Waals surface area contributed by atoms with Crippen molar-refractivity contribution >= 4 is 0 Å². The average Bonchev–Trinajstić information content (AvgIpc) is 2.69. The fraction of sp³-hybridized carbons (Fsp3) is 1.00. The molecule has 0 aromatic heterocycles. The first-order valence-corrected chi connectivity index (χ1v) is 4.30. The van der Waals surface area contributed by atoms with Gasteiger partial charge >= 0.3 is 0 Å². The zero-order valence-corrected chi connectivity index (χ0v) is 6.29. The molecule has 0 bridgehead atoms. The Morgan fingerprint density at radius 2 is 2.10 bits per heavy atom. The van der Waals surface area contributed by atoms with Gasteiger partial charge in [0.2, 0.25) is 0 Å². The number of nitrogens with two attached hydrogens (primary N) is 1. The maximum absolute atomic E-state index is 5.74. The molecule has 0 amide bonds. The molecular formula is C8H15N2. The Bertz CT molecular complexity index is 118. The third kappa shape index (κ3) is 1.18. The first-order chi connectivity index (χ1) is 4.88. The van der Waals surface area contributed by atoms with Gasteiger partial charge in [-0.25, -0.2) is 5.32 Å². The van der Waals surface area contributed by atoms with E-state index in [1.54, 1.807) is 0 Å². The number of piperidine rings is 1. The normalized spacial score (nSPS) is 47.1. The van der Waals surface area contributed by atoms with Crippen molar-refractivity contribution in [1.29, 1.82) is 0 Å². The van der Waals surface area contributed by atoms with Crippen LogP contribution in [0.2, 0.25) is 0 Å². The highest BCUT2D eigenvalue weighted by Crippen LogP contribution is 2.35. The summed E-state index contributed by atoms with van der Waals surface area (Å²) in [7, 11) is 0. The minimum Gasteiger partial charge on any atom is -0.327 e. The lowest BCUT2D eigenvalue weighted by Crippen LogP contribution is -2.31. The van der Waals surface area contributed by atoms with Gasteiger partial charge in [-0.15, -0.1) is 0 Å². The largest absolute Gasteiger partial charge is 0.327 e. The summed E-state index contributed by atoms with van der Waals surface area (Å²) in [4.78, 5) is 0. The molecule has 1 aliphatic carbocycles. The summed E-state index contributed by atoms with van der Waals surface area (Å²) in [5.41, 5.74) is 5.74. The first-order valence-electron chi connectivity index (χ1n) is 4.30. The van der Waals surface area contributed by atoms with Crippen molar-refractivity contribution in [2.24, 2.45) is 11.7 Å². The fourth-order valence-corrected chi connectivity index (χ4v) is 1.84. The molecule has 2 aliphatic rings. The van der Waals surface area contributed by atoms with Crippen molar-refractivity contribution in [1.82, 2.24) is 5.32 Å². The summed E-state index contributed by atoms with van der Waals surface area (Å²) in [5.74, 6) is 0.764. The average molecular weight is 139 g/mol. The zero-order valence-electron chi connectivity index (χ0n) is 6.29. The van der Waals surface area contributed by atoms with Crippen LogP contribution in [-0.2, 0) is 0 Å². The van der Waals surface area contributed by atoms with E-state index < -0.39 is 0 Å². The molecule has 2 rings (SSSR count). The standard InChI is InChI=1S/C8H15N2/c9-7-5-6(7)8-3-1-2-4-10-8/h6-8H,1-5,9H2. The third-order valence-electron chi connectivity index (χ3n) is 2.66. The number of rotatable bonds is 1. The van der Waals surface area contributed by atoms with E-state index >= 15 is 0 Å². The maximum atomic E-state index is 5.74. The van der Waals surface area contributed by atoms with E-state index in [9.17, 15) is 0 Å². The summed E-state index contributed by atoms with van der Waals surface area (Å²) in [6.45, 7) is 1.09. The highest BCUT2D eigenvalue weighted by Gasteiger charge is 2.40. The second-order valence-electron chi connectivity index (χ2n) is 3.53. The smallest absolute Gasteiger partial charge is 0.0289 e. The molecule has 2 nitrogen and oxygen atoms in total. The summed E-state index contributed by atoms with van der Waals surface area (Å²) in [6, 6.07) is 1.13. The van der Waals surface area contributed by atoms with E-state index in [2.05, 4.69) is 5.32 Å². The van der Waals surface area contributed by atoms with Gasteiger partial charge in [-0.3, -0.25) is 0 Å². The summed E-state index contributed by atoms with van der Waals surface area (Å²) < 4.78 is 0. The van der Waals surface area contributed by atoms with Crippen LogP contribution in [0.5, 0.6) is 0 Å². The van der Waals surface area contributed by atoms with Crippen LogP contribution in [0.4, 0.5) is 0 Å². The minimum atomic E-state index is 0.492. The number of hydrogen-bond donors (Lipinski definition) is 1. The molecule has 0 aromatic rings. The van der Waals surface area contributed by atoms with Gasteiger partial charge in [0.1, 0.15) is 0 Å². The van der Waals surface area contributed by atoms with Crippen LogP contribution >= 0.6 is 0 Å². The zero-order chi connectivity index (χ0) is 6.97. The fourth-order valence-electron chi connectivity index (χ4n) is 1.84. The molecule has 2 heteroatoms. The van der Waals surface area contributed by atoms with Crippen LogP contribution in [0.3, 0.4) is 0 Å². The van der Waals surface area contributed by atoms with Gasteiger partial charge in [0, 0.05) is 18.6 Å². The Labute approximate surface area is 62.2 Å². The van der Waals surface area contributed by atoms with Crippen molar-refractivity contribution in [3.05, 3.63) is 0 Å². The van der Waals surface area contributed by atoms with Crippen molar-refractivity contribution in [2.75, 3.05) is 6.54 Å². The molecule has 2 N–H and O–H groups in total. The van der Waals surface area contributed by atoms with Crippen LogP contribution < -0.4 is 11.1 Å². The van der Waals surface area contributed by atoms with E-state index in [0.717, 1.165) is 12.5 Å². The van der Waals surface area contributed by atoms with Gasteiger partial charge in [0.25, 0.3) is 0 Å². The molecule has 2 fully saturated rings. The Morgan fingerprint density at radius 1 is 1.30 bits per heavy atom. The molecule has 57 valence electrons. The van der Waals surface area contributed by atoms with Gasteiger partial charge in [-0.2, -0.15) is 0 Å². The van der Waals surface area contributed by atoms with E-state index in [4.69, 9.17) is 5.73 Å². The maximum Gasteiger partial charge on any atom is 0.0289 e. The summed E-state index contributed by atoms with van der Waals surface area (Å²) in [6.07, 6.45) is 5.21. The molecule has 0 aromatic carbocycles. The Morgan fingerprint density at radius 3 is 2.60 bits per heavy atom. The predicted octanol–water partition coefficient (Wildman–Crippen LogP) is 0.490. The second-order valence-corrected chi connectivity index (χ2v) is 3.53. The third-order valence-corrected chi connectivity index (χ3v) is 2.66. The van der Waals surface area contributed by atoms with Crippen LogP contribution in [0, 0.1) is 5.92 Å². The molecule has 0 spiro atoms. The Kier molecular flexibility index (Phi) is 1.66. The molecule has 1 radical (unpaired) electrons. The second kappa shape index (κ2) is 2.51. The molecule has 3 atom stereocenters. The lowest BCUT2D eigenvalue weighted by Gasteiger charge is -2.21. The van der Waals surface area contributed by atoms with Crippen molar-refractivity contribution in [3.63, 3.8) is 0 Å². The Balaban J connectivity index is 1.81.